The molecule has 1 aromatic carbocycles. The first-order valence-corrected chi connectivity index (χ1v) is 4.92. The first-order chi connectivity index (χ1) is 7.75. The van der Waals surface area contributed by atoms with Gasteiger partial charge in [-0.3, -0.25) is 9.20 Å². The number of benzene rings is 1. The Morgan fingerprint density at radius 1 is 1.19 bits per heavy atom. The van der Waals surface area contributed by atoms with Crippen molar-refractivity contribution in [2.45, 2.75) is 0 Å². The molecule has 2 heterocycles. The van der Waals surface area contributed by atoms with Crippen LogP contribution in [0.2, 0.25) is 0 Å². The van der Waals surface area contributed by atoms with Gasteiger partial charge in [0.25, 0.3) is 5.91 Å². The molecule has 2 N–H and O–H groups in total. The second-order valence-electron chi connectivity index (χ2n) is 3.61. The molecular formula is C12H9N3O. The highest BCUT2D eigenvalue weighted by molar-refractivity contribution is 5.92. The predicted octanol–water partition coefficient (Wildman–Crippen LogP) is 1.59. The summed E-state index contributed by atoms with van der Waals surface area (Å²) in [5.41, 5.74) is 7.24. The summed E-state index contributed by atoms with van der Waals surface area (Å²) in [5, 5.41) is 1.10. The Balaban J connectivity index is 2.46. The number of para-hydroxylation sites is 1. The normalized spacial score (nSPS) is 11.0. The van der Waals surface area contributed by atoms with Gasteiger partial charge >= 0.3 is 0 Å². The summed E-state index contributed by atoms with van der Waals surface area (Å²) >= 11 is 0. The largest absolute Gasteiger partial charge is 0.364 e. The summed E-state index contributed by atoms with van der Waals surface area (Å²) in [4.78, 5) is 15.2. The van der Waals surface area contributed by atoms with Crippen LogP contribution in [0.15, 0.2) is 42.6 Å². The summed E-state index contributed by atoms with van der Waals surface area (Å²) in [5.74, 6) is -0.507. The number of nitrogens with zero attached hydrogens (tertiary/aromatic N) is 2. The zero-order chi connectivity index (χ0) is 11.1. The van der Waals surface area contributed by atoms with E-state index in [1.807, 2.05) is 40.8 Å². The van der Waals surface area contributed by atoms with Gasteiger partial charge in [0.1, 0.15) is 11.3 Å². The standard InChI is InChI=1S/C12H9N3O/c13-12(16)9-7-15-10-4-2-1-3-8(10)5-6-11(15)14-9/h1-7H,(H2,13,16). The fourth-order valence-electron chi connectivity index (χ4n) is 1.84. The van der Waals surface area contributed by atoms with Crippen LogP contribution in [-0.2, 0) is 0 Å². The van der Waals surface area contributed by atoms with Crippen molar-refractivity contribution in [1.82, 2.24) is 9.38 Å². The van der Waals surface area contributed by atoms with E-state index in [1.165, 1.54) is 0 Å². The third kappa shape index (κ3) is 1.16. The van der Waals surface area contributed by atoms with Gasteiger partial charge in [0.2, 0.25) is 0 Å². The second kappa shape index (κ2) is 3.06. The molecule has 0 aliphatic heterocycles. The first-order valence-electron chi connectivity index (χ1n) is 4.92. The Morgan fingerprint density at radius 2 is 2.00 bits per heavy atom. The summed E-state index contributed by atoms with van der Waals surface area (Å²) in [6, 6.07) is 11.8. The van der Waals surface area contributed by atoms with E-state index >= 15 is 0 Å². The van der Waals surface area contributed by atoms with Gasteiger partial charge in [-0.25, -0.2) is 4.98 Å². The van der Waals surface area contributed by atoms with Crippen LogP contribution >= 0.6 is 0 Å². The van der Waals surface area contributed by atoms with Crippen LogP contribution in [-0.4, -0.2) is 15.3 Å². The molecule has 0 aliphatic rings. The lowest BCUT2D eigenvalue weighted by molar-refractivity contribution is 0.0996. The molecule has 0 spiro atoms. The van der Waals surface area contributed by atoms with Crippen LogP contribution < -0.4 is 5.73 Å². The molecule has 0 bridgehead atoms. The third-order valence-corrected chi connectivity index (χ3v) is 2.59. The van der Waals surface area contributed by atoms with Crippen LogP contribution in [0, 0.1) is 0 Å². The SMILES string of the molecule is NC(=O)c1cn2c(ccc3ccccc32)n1. The number of pyridine rings is 1. The van der Waals surface area contributed by atoms with Crippen molar-refractivity contribution in [1.29, 1.82) is 0 Å². The van der Waals surface area contributed by atoms with Crippen molar-refractivity contribution in [3.05, 3.63) is 48.3 Å². The molecule has 0 radical (unpaired) electrons. The highest BCUT2D eigenvalue weighted by Crippen LogP contribution is 2.16. The van der Waals surface area contributed by atoms with E-state index in [0.717, 1.165) is 16.6 Å². The van der Waals surface area contributed by atoms with Crippen LogP contribution in [0.4, 0.5) is 0 Å². The predicted molar refractivity (Wildman–Crippen MR) is 61.2 cm³/mol. The topological polar surface area (TPSA) is 60.4 Å². The maximum absolute atomic E-state index is 11.1. The highest BCUT2D eigenvalue weighted by Gasteiger charge is 2.07. The zero-order valence-electron chi connectivity index (χ0n) is 8.42. The Labute approximate surface area is 91.3 Å². The summed E-state index contributed by atoms with van der Waals surface area (Å²) in [6.45, 7) is 0. The molecule has 4 heteroatoms. The Bertz CT molecular complexity index is 700. The number of nitrogens with two attached hydrogens (primary N) is 1. The Morgan fingerprint density at radius 3 is 2.81 bits per heavy atom. The van der Waals surface area contributed by atoms with E-state index in [0.29, 0.717) is 0 Å². The van der Waals surface area contributed by atoms with Crippen molar-refractivity contribution >= 4 is 22.5 Å². The molecule has 0 unspecified atom stereocenters. The lowest BCUT2D eigenvalue weighted by Gasteiger charge is -1.99. The van der Waals surface area contributed by atoms with Gasteiger partial charge in [-0.2, -0.15) is 0 Å². The first kappa shape index (κ1) is 8.91. The number of carbonyl (C=O) groups excluding carboxylic acids is 1. The van der Waals surface area contributed by atoms with Crippen molar-refractivity contribution in [3.8, 4) is 0 Å². The van der Waals surface area contributed by atoms with Gasteiger partial charge in [0.05, 0.1) is 5.52 Å². The number of aromatic nitrogens is 2. The van der Waals surface area contributed by atoms with Crippen LogP contribution in [0.1, 0.15) is 10.5 Å². The van der Waals surface area contributed by atoms with Gasteiger partial charge in [0.15, 0.2) is 0 Å². The molecule has 16 heavy (non-hydrogen) atoms. The van der Waals surface area contributed by atoms with Crippen LogP contribution in [0.25, 0.3) is 16.6 Å². The molecule has 78 valence electrons. The zero-order valence-corrected chi connectivity index (χ0v) is 8.42. The van der Waals surface area contributed by atoms with Crippen LogP contribution in [0.5, 0.6) is 0 Å². The molecule has 4 nitrogen and oxygen atoms in total. The average Bonchev–Trinajstić information content (AvgIpc) is 2.73. The fraction of sp³-hybridized carbons (Fsp3) is 0. The van der Waals surface area contributed by atoms with E-state index in [2.05, 4.69) is 4.98 Å². The number of imidazole rings is 1. The minimum atomic E-state index is -0.507. The Hall–Kier alpha value is -2.36. The number of fused-ring (bicyclic) bond motifs is 3. The van der Waals surface area contributed by atoms with E-state index in [-0.39, 0.29) is 5.69 Å². The van der Waals surface area contributed by atoms with E-state index in [9.17, 15) is 4.79 Å². The summed E-state index contributed by atoms with van der Waals surface area (Å²) < 4.78 is 1.87. The van der Waals surface area contributed by atoms with Crippen molar-refractivity contribution in [2.75, 3.05) is 0 Å². The monoisotopic (exact) mass is 211 g/mol. The number of primary amides is 1. The van der Waals surface area contributed by atoms with E-state index in [4.69, 9.17) is 5.73 Å². The second-order valence-corrected chi connectivity index (χ2v) is 3.61. The summed E-state index contributed by atoms with van der Waals surface area (Å²) in [6.07, 6.45) is 1.67. The lowest BCUT2D eigenvalue weighted by Crippen LogP contribution is -2.10. The van der Waals surface area contributed by atoms with Crippen molar-refractivity contribution in [2.24, 2.45) is 5.73 Å². The quantitative estimate of drug-likeness (QED) is 0.664. The molecule has 0 aliphatic carbocycles. The van der Waals surface area contributed by atoms with Gasteiger partial charge in [-0.15, -0.1) is 0 Å². The fourth-order valence-corrected chi connectivity index (χ4v) is 1.84. The highest BCUT2D eigenvalue weighted by atomic mass is 16.1. The minimum absolute atomic E-state index is 0.288. The Kier molecular flexibility index (Phi) is 1.71. The minimum Gasteiger partial charge on any atom is -0.364 e. The van der Waals surface area contributed by atoms with Gasteiger partial charge < -0.3 is 5.73 Å². The summed E-state index contributed by atoms with van der Waals surface area (Å²) in [7, 11) is 0. The molecule has 0 atom stereocenters. The molecule has 0 fully saturated rings. The molecular weight excluding hydrogens is 202 g/mol. The third-order valence-electron chi connectivity index (χ3n) is 2.59. The molecule has 0 saturated carbocycles. The number of hydrogen-bond donors (Lipinski definition) is 1. The van der Waals surface area contributed by atoms with Crippen LogP contribution in [0.3, 0.4) is 0 Å². The number of amides is 1. The smallest absolute Gasteiger partial charge is 0.268 e. The lowest BCUT2D eigenvalue weighted by atomic mass is 10.2. The molecule has 3 rings (SSSR count). The van der Waals surface area contributed by atoms with Crippen molar-refractivity contribution < 1.29 is 4.79 Å². The average molecular weight is 211 g/mol. The van der Waals surface area contributed by atoms with Gasteiger partial charge in [-0.05, 0) is 23.6 Å². The maximum Gasteiger partial charge on any atom is 0.268 e. The van der Waals surface area contributed by atoms with E-state index < -0.39 is 5.91 Å². The molecule has 1 amide bonds. The molecule has 0 saturated heterocycles. The van der Waals surface area contributed by atoms with Crippen molar-refractivity contribution in [3.63, 3.8) is 0 Å². The van der Waals surface area contributed by atoms with Gasteiger partial charge in [-0.1, -0.05) is 18.2 Å². The van der Waals surface area contributed by atoms with E-state index in [1.54, 1.807) is 6.20 Å². The van der Waals surface area contributed by atoms with Gasteiger partial charge in [0, 0.05) is 6.20 Å². The number of hydrogen-bond acceptors (Lipinski definition) is 2. The number of rotatable bonds is 1. The number of carbonyl (C=O) groups is 1. The maximum atomic E-state index is 11.1. The molecule has 3 aromatic rings. The molecule has 2 aromatic heterocycles.